The van der Waals surface area contributed by atoms with E-state index in [1.54, 1.807) is 0 Å². The maximum absolute atomic E-state index is 14.5. The van der Waals surface area contributed by atoms with Crippen LogP contribution in [-0.4, -0.2) is 35.1 Å². The molecule has 0 spiro atoms. The number of hydrogen-bond donors (Lipinski definition) is 0. The highest BCUT2D eigenvalue weighted by Gasteiger charge is 2.47. The van der Waals surface area contributed by atoms with Gasteiger partial charge in [0.15, 0.2) is 12.0 Å². The topological polar surface area (TPSA) is 64.8 Å². The molecule has 2 heterocycles. The number of aromatic nitrogens is 3. The molecule has 25 heavy (non-hydrogen) atoms. The van der Waals surface area contributed by atoms with E-state index in [9.17, 15) is 17.2 Å². The number of alkyl halides is 2. The number of fused-ring (bicyclic) bond motifs is 1. The lowest BCUT2D eigenvalue weighted by molar-refractivity contribution is 0.216. The lowest BCUT2D eigenvalue weighted by atomic mass is 9.76. The second-order valence-electron chi connectivity index (χ2n) is 7.57. The van der Waals surface area contributed by atoms with Gasteiger partial charge < -0.3 is 0 Å². The van der Waals surface area contributed by atoms with Crippen molar-refractivity contribution in [2.24, 2.45) is 11.3 Å². The number of halogens is 2. The van der Waals surface area contributed by atoms with Gasteiger partial charge in [0, 0.05) is 11.8 Å². The van der Waals surface area contributed by atoms with Gasteiger partial charge in [-0.1, -0.05) is 31.2 Å². The molecular formula is C17H21F2N3O2S. The molecular weight excluding hydrogens is 348 g/mol. The molecule has 4 rings (SSSR count). The Bertz CT molecular complexity index is 842. The van der Waals surface area contributed by atoms with E-state index in [2.05, 4.69) is 10.1 Å². The standard InChI is InChI=1S/C17H21F2N3O2S/c1-17(5-3-2-4-6-17)14-9-13(19)15-20-16(21-22(14)15)25(23,24)12-7-11(8-12)10-18/h2-5,11-14H,6-10H2,1H3/t11-,12+,13-,14-,17?/m0/s1. The highest BCUT2D eigenvalue weighted by molar-refractivity contribution is 7.91. The molecule has 3 atom stereocenters. The van der Waals surface area contributed by atoms with Crippen molar-refractivity contribution in [2.75, 3.05) is 6.67 Å². The minimum atomic E-state index is -3.73. The SMILES string of the molecule is CC1([C@@H]2C[C@H](F)c3nc(S(=O)(=O)[C@H]4C[C@@H](CF)C4)nn32)C=CC=CC1. The molecule has 1 aromatic rings. The van der Waals surface area contributed by atoms with Crippen molar-refractivity contribution in [1.82, 2.24) is 14.8 Å². The Kier molecular flexibility index (Phi) is 3.86. The molecule has 1 saturated carbocycles. The third-order valence-corrected chi connectivity index (χ3v) is 7.74. The van der Waals surface area contributed by atoms with Crippen LogP contribution >= 0.6 is 0 Å². The number of hydrogen-bond acceptors (Lipinski definition) is 4. The highest BCUT2D eigenvalue weighted by atomic mass is 32.2. The van der Waals surface area contributed by atoms with Crippen LogP contribution < -0.4 is 0 Å². The van der Waals surface area contributed by atoms with Crippen molar-refractivity contribution in [3.8, 4) is 0 Å². The summed E-state index contributed by atoms with van der Waals surface area (Å²) in [4.78, 5) is 4.03. The summed E-state index contributed by atoms with van der Waals surface area (Å²) in [7, 11) is -3.73. The van der Waals surface area contributed by atoms with Gasteiger partial charge in [-0.3, -0.25) is 4.39 Å². The zero-order chi connectivity index (χ0) is 17.8. The first kappa shape index (κ1) is 16.9. The van der Waals surface area contributed by atoms with E-state index in [1.165, 1.54) is 4.68 Å². The fraction of sp³-hybridized carbons (Fsp3) is 0.647. The maximum atomic E-state index is 14.5. The molecule has 0 radical (unpaired) electrons. The van der Waals surface area contributed by atoms with Gasteiger partial charge in [-0.2, -0.15) is 4.98 Å². The summed E-state index contributed by atoms with van der Waals surface area (Å²) < 4.78 is 53.8. The molecule has 5 nitrogen and oxygen atoms in total. The summed E-state index contributed by atoms with van der Waals surface area (Å²) in [6.45, 7) is 1.51. The summed E-state index contributed by atoms with van der Waals surface area (Å²) in [6, 6.07) is -0.268. The zero-order valence-electron chi connectivity index (χ0n) is 14.0. The van der Waals surface area contributed by atoms with Gasteiger partial charge >= 0.3 is 0 Å². The normalized spacial score (nSPS) is 37.1. The van der Waals surface area contributed by atoms with Crippen molar-refractivity contribution >= 4 is 9.84 Å². The molecule has 0 N–H and O–H groups in total. The Morgan fingerprint density at radius 1 is 1.32 bits per heavy atom. The second-order valence-corrected chi connectivity index (χ2v) is 9.69. The molecule has 0 saturated heterocycles. The van der Waals surface area contributed by atoms with Crippen LogP contribution in [0.4, 0.5) is 8.78 Å². The lowest BCUT2D eigenvalue weighted by Gasteiger charge is -2.33. The summed E-state index contributed by atoms with van der Waals surface area (Å²) in [5.74, 6) is -0.108. The third kappa shape index (κ3) is 2.56. The fourth-order valence-electron chi connectivity index (χ4n) is 4.02. The van der Waals surface area contributed by atoms with Gasteiger partial charge in [-0.15, -0.1) is 5.10 Å². The van der Waals surface area contributed by atoms with Crippen molar-refractivity contribution < 1.29 is 17.2 Å². The predicted octanol–water partition coefficient (Wildman–Crippen LogP) is 3.28. The van der Waals surface area contributed by atoms with E-state index in [0.717, 1.165) is 6.42 Å². The Morgan fingerprint density at radius 2 is 2.08 bits per heavy atom. The molecule has 8 heteroatoms. The van der Waals surface area contributed by atoms with Gasteiger partial charge in [-0.05, 0) is 25.2 Å². The second kappa shape index (κ2) is 5.72. The van der Waals surface area contributed by atoms with Crippen LogP contribution in [0.3, 0.4) is 0 Å². The third-order valence-electron chi connectivity index (χ3n) is 5.79. The van der Waals surface area contributed by atoms with Gasteiger partial charge in [0.05, 0.1) is 18.0 Å². The van der Waals surface area contributed by atoms with Crippen LogP contribution in [0.15, 0.2) is 29.5 Å². The molecule has 1 fully saturated rings. The number of sulfone groups is 1. The summed E-state index contributed by atoms with van der Waals surface area (Å²) in [5.41, 5.74) is -0.325. The van der Waals surface area contributed by atoms with Gasteiger partial charge in [0.25, 0.3) is 5.16 Å². The first-order valence-corrected chi connectivity index (χ1v) is 10.1. The first-order valence-electron chi connectivity index (χ1n) is 8.60. The zero-order valence-corrected chi connectivity index (χ0v) is 14.8. The van der Waals surface area contributed by atoms with E-state index in [-0.39, 0.29) is 47.6 Å². The summed E-state index contributed by atoms with van der Waals surface area (Å²) in [5, 5.41) is 3.23. The van der Waals surface area contributed by atoms with E-state index in [1.807, 2.05) is 31.2 Å². The smallest absolute Gasteiger partial charge is 0.251 e. The minimum absolute atomic E-state index is 0.0918. The van der Waals surface area contributed by atoms with Gasteiger partial charge in [0.1, 0.15) is 0 Å². The Labute approximate surface area is 145 Å². The fourth-order valence-corrected chi connectivity index (χ4v) is 5.79. The molecule has 0 bridgehead atoms. The molecule has 1 aliphatic heterocycles. The number of nitrogens with zero attached hydrogens (tertiary/aromatic N) is 3. The molecule has 1 unspecified atom stereocenters. The molecule has 1 aromatic heterocycles. The van der Waals surface area contributed by atoms with Crippen LogP contribution in [0.2, 0.25) is 0 Å². The van der Waals surface area contributed by atoms with Gasteiger partial charge in [-0.25, -0.2) is 17.5 Å². The molecule has 3 aliphatic rings. The first-order chi connectivity index (χ1) is 11.8. The van der Waals surface area contributed by atoms with Crippen molar-refractivity contribution in [1.29, 1.82) is 0 Å². The molecule has 0 amide bonds. The van der Waals surface area contributed by atoms with Crippen molar-refractivity contribution in [2.45, 2.75) is 55.2 Å². The van der Waals surface area contributed by atoms with E-state index < -0.39 is 27.9 Å². The number of rotatable bonds is 4. The van der Waals surface area contributed by atoms with Crippen LogP contribution in [0.5, 0.6) is 0 Å². The lowest BCUT2D eigenvalue weighted by Crippen LogP contribution is -2.37. The van der Waals surface area contributed by atoms with Crippen molar-refractivity contribution in [3.63, 3.8) is 0 Å². The van der Waals surface area contributed by atoms with Crippen LogP contribution in [0.25, 0.3) is 0 Å². The Hall–Kier alpha value is -1.57. The predicted molar refractivity (Wildman–Crippen MR) is 88.2 cm³/mol. The Morgan fingerprint density at radius 3 is 2.72 bits per heavy atom. The highest BCUT2D eigenvalue weighted by Crippen LogP contribution is 2.49. The van der Waals surface area contributed by atoms with Crippen LogP contribution in [-0.2, 0) is 9.84 Å². The van der Waals surface area contributed by atoms with E-state index in [4.69, 9.17) is 0 Å². The molecule has 2 aliphatic carbocycles. The quantitative estimate of drug-likeness (QED) is 0.817. The van der Waals surface area contributed by atoms with Crippen LogP contribution in [0.1, 0.15) is 50.6 Å². The minimum Gasteiger partial charge on any atom is -0.251 e. The van der Waals surface area contributed by atoms with Gasteiger partial charge in [0.2, 0.25) is 9.84 Å². The maximum Gasteiger partial charge on any atom is 0.267 e. The van der Waals surface area contributed by atoms with E-state index in [0.29, 0.717) is 0 Å². The molecule has 0 aromatic carbocycles. The number of allylic oxidation sites excluding steroid dienone is 4. The average molecular weight is 369 g/mol. The van der Waals surface area contributed by atoms with Crippen molar-refractivity contribution in [3.05, 3.63) is 30.1 Å². The summed E-state index contributed by atoms with van der Waals surface area (Å²) >= 11 is 0. The monoisotopic (exact) mass is 369 g/mol. The summed E-state index contributed by atoms with van der Waals surface area (Å²) in [6.07, 6.45) is 8.15. The average Bonchev–Trinajstić information content (AvgIpc) is 3.08. The Balaban J connectivity index is 1.65. The van der Waals surface area contributed by atoms with E-state index >= 15 is 0 Å². The largest absolute Gasteiger partial charge is 0.267 e. The van der Waals surface area contributed by atoms with Crippen LogP contribution in [0, 0.1) is 11.3 Å². The molecule has 136 valence electrons.